The lowest BCUT2D eigenvalue weighted by Gasteiger charge is -2.40. The van der Waals surface area contributed by atoms with Gasteiger partial charge in [-0.25, -0.2) is 9.18 Å². The number of amides is 3. The summed E-state index contributed by atoms with van der Waals surface area (Å²) in [6.07, 6.45) is -4.08. The molecule has 2 aliphatic heterocycles. The van der Waals surface area contributed by atoms with E-state index in [1.807, 2.05) is 36.1 Å². The van der Waals surface area contributed by atoms with Gasteiger partial charge in [-0.15, -0.1) is 0 Å². The zero-order valence-electron chi connectivity index (χ0n) is 20.2. The molecule has 2 aromatic rings. The summed E-state index contributed by atoms with van der Waals surface area (Å²) in [5.41, 5.74) is -0.544. The molecule has 0 aromatic heterocycles. The molecule has 3 unspecified atom stereocenters. The molecular weight excluding hydrogens is 478 g/mol. The minimum atomic E-state index is -4.86. The van der Waals surface area contributed by atoms with Crippen LogP contribution in [0.1, 0.15) is 43.9 Å². The van der Waals surface area contributed by atoms with Crippen LogP contribution in [-0.2, 0) is 24.1 Å². The molecule has 194 valence electrons. The molecule has 2 fully saturated rings. The summed E-state index contributed by atoms with van der Waals surface area (Å²) in [6.45, 7) is 6.69. The number of nitrogens with one attached hydrogen (secondary N) is 4. The lowest BCUT2D eigenvalue weighted by molar-refractivity contribution is -0.142. The van der Waals surface area contributed by atoms with E-state index in [4.69, 9.17) is 0 Å². The van der Waals surface area contributed by atoms with E-state index in [0.29, 0.717) is 24.6 Å². The first-order valence-corrected chi connectivity index (χ1v) is 11.7. The first-order valence-electron chi connectivity index (χ1n) is 11.7. The van der Waals surface area contributed by atoms with Gasteiger partial charge in [0.1, 0.15) is 12.0 Å². The van der Waals surface area contributed by atoms with Crippen molar-refractivity contribution in [2.75, 3.05) is 5.32 Å². The third-order valence-electron chi connectivity index (χ3n) is 6.27. The molecule has 0 aliphatic carbocycles. The van der Waals surface area contributed by atoms with E-state index >= 15 is 0 Å². The smallest absolute Gasteiger partial charge is 0.334 e. The van der Waals surface area contributed by atoms with Crippen LogP contribution >= 0.6 is 0 Å². The van der Waals surface area contributed by atoms with Gasteiger partial charge >= 0.3 is 12.2 Å². The van der Waals surface area contributed by atoms with Crippen molar-refractivity contribution < 1.29 is 27.2 Å². The van der Waals surface area contributed by atoms with Gasteiger partial charge in [0, 0.05) is 18.8 Å². The maximum atomic E-state index is 13.4. The van der Waals surface area contributed by atoms with Gasteiger partial charge in [-0.2, -0.15) is 13.2 Å². The van der Waals surface area contributed by atoms with Crippen molar-refractivity contribution in [3.63, 3.8) is 0 Å². The quantitative estimate of drug-likeness (QED) is 0.334. The second-order valence-corrected chi connectivity index (χ2v) is 9.91. The number of benzene rings is 2. The minimum absolute atomic E-state index is 0.0351. The molecule has 0 spiro atoms. The Bertz CT molecular complexity index is 1130. The fourth-order valence-electron chi connectivity index (χ4n) is 4.64. The summed E-state index contributed by atoms with van der Waals surface area (Å²) >= 11 is 0. The Kier molecular flexibility index (Phi) is 6.98. The fraction of sp³-hybridized carbons (Fsp3) is 0.440. The lowest BCUT2D eigenvalue weighted by atomic mass is 9.87. The van der Waals surface area contributed by atoms with Gasteiger partial charge in [0.2, 0.25) is 5.91 Å². The van der Waals surface area contributed by atoms with Crippen LogP contribution in [0.25, 0.3) is 0 Å². The molecule has 11 heteroatoms. The summed E-state index contributed by atoms with van der Waals surface area (Å²) in [4.78, 5) is 27.2. The van der Waals surface area contributed by atoms with E-state index in [1.165, 1.54) is 0 Å². The Morgan fingerprint density at radius 2 is 1.81 bits per heavy atom. The van der Waals surface area contributed by atoms with Crippen molar-refractivity contribution in [1.82, 2.24) is 20.9 Å². The predicted octanol–water partition coefficient (Wildman–Crippen LogP) is 4.16. The Labute approximate surface area is 206 Å². The number of rotatable bonds is 7. The number of carbonyl (C=O) groups excluding carboxylic acids is 2. The van der Waals surface area contributed by atoms with Gasteiger partial charge in [0.15, 0.2) is 0 Å². The Hall–Kier alpha value is -3.18. The number of anilines is 1. The van der Waals surface area contributed by atoms with Crippen LogP contribution in [0.15, 0.2) is 42.5 Å². The molecular formula is C25H29F4N5O2. The van der Waals surface area contributed by atoms with Crippen molar-refractivity contribution in [2.24, 2.45) is 5.92 Å². The van der Waals surface area contributed by atoms with Gasteiger partial charge in [0.05, 0.1) is 17.3 Å². The molecule has 36 heavy (non-hydrogen) atoms. The van der Waals surface area contributed by atoms with Crippen molar-refractivity contribution >= 4 is 17.6 Å². The van der Waals surface area contributed by atoms with E-state index in [-0.39, 0.29) is 30.5 Å². The van der Waals surface area contributed by atoms with Crippen LogP contribution in [-0.4, -0.2) is 34.7 Å². The third kappa shape index (κ3) is 5.79. The largest absolute Gasteiger partial charge is 0.419 e. The first-order chi connectivity index (χ1) is 16.9. The second kappa shape index (κ2) is 9.70. The molecule has 2 saturated heterocycles. The third-order valence-corrected chi connectivity index (χ3v) is 6.27. The van der Waals surface area contributed by atoms with Crippen LogP contribution < -0.4 is 21.3 Å². The van der Waals surface area contributed by atoms with Crippen molar-refractivity contribution in [3.05, 3.63) is 65.0 Å². The van der Waals surface area contributed by atoms with Gasteiger partial charge < -0.3 is 15.5 Å². The second-order valence-electron chi connectivity index (χ2n) is 9.91. The molecule has 2 aliphatic rings. The van der Waals surface area contributed by atoms with Crippen LogP contribution in [0.2, 0.25) is 0 Å². The molecule has 0 saturated carbocycles. The number of halogens is 4. The number of hydrogen-bond donors (Lipinski definition) is 4. The molecule has 3 amide bonds. The van der Waals surface area contributed by atoms with Crippen LogP contribution in [0.4, 0.5) is 28.0 Å². The standard InChI is InChI=1S/C25H29F4N5O2/c1-14(2)11-24(3)22(35)34(21-20(32-21)33-24)13-16-6-4-15(5-7-16)12-30-23(36)31-17-8-9-19(26)18(10-17)25(27,28)29/h4-10,14,20-21,32-33H,11-13H2,1-3H3,(H2,30,31,36). The Morgan fingerprint density at radius 1 is 1.14 bits per heavy atom. The SMILES string of the molecule is CC(C)CC1(C)NC2NC2N(Cc2ccc(CNC(=O)Nc3ccc(F)c(C(F)(F)F)c3)cc2)C1=O. The van der Waals surface area contributed by atoms with E-state index in [2.05, 4.69) is 35.1 Å². The number of alkyl halides is 3. The highest BCUT2D eigenvalue weighted by Crippen LogP contribution is 2.33. The van der Waals surface area contributed by atoms with E-state index < -0.39 is 29.1 Å². The van der Waals surface area contributed by atoms with E-state index in [9.17, 15) is 27.2 Å². The molecule has 0 bridgehead atoms. The number of hydrogen-bond acceptors (Lipinski definition) is 4. The lowest BCUT2D eigenvalue weighted by Crippen LogP contribution is -2.62. The highest BCUT2D eigenvalue weighted by Gasteiger charge is 2.55. The molecule has 7 nitrogen and oxygen atoms in total. The van der Waals surface area contributed by atoms with Gasteiger partial charge in [-0.05, 0) is 48.6 Å². The minimum Gasteiger partial charge on any atom is -0.334 e. The zero-order valence-corrected chi connectivity index (χ0v) is 20.2. The summed E-state index contributed by atoms with van der Waals surface area (Å²) in [5.74, 6) is -0.990. The van der Waals surface area contributed by atoms with Crippen LogP contribution in [0.3, 0.4) is 0 Å². The first kappa shape index (κ1) is 25.9. The number of fused-ring (bicyclic) bond motifs is 1. The van der Waals surface area contributed by atoms with Gasteiger partial charge in [-0.1, -0.05) is 38.1 Å². The van der Waals surface area contributed by atoms with Gasteiger partial charge in [-0.3, -0.25) is 15.4 Å². The topological polar surface area (TPSA) is 95.4 Å². The molecule has 0 radical (unpaired) electrons. The number of piperazine rings is 1. The molecule has 4 rings (SSSR count). The highest BCUT2D eigenvalue weighted by molar-refractivity contribution is 5.89. The fourth-order valence-corrected chi connectivity index (χ4v) is 4.64. The van der Waals surface area contributed by atoms with Crippen LogP contribution in [0.5, 0.6) is 0 Å². The average molecular weight is 508 g/mol. The van der Waals surface area contributed by atoms with Gasteiger partial charge in [0.25, 0.3) is 0 Å². The zero-order chi connectivity index (χ0) is 26.3. The normalized spacial score (nSPS) is 23.4. The molecule has 3 atom stereocenters. The Balaban J connectivity index is 1.32. The maximum Gasteiger partial charge on any atom is 0.419 e. The van der Waals surface area contributed by atoms with Crippen molar-refractivity contribution in [1.29, 1.82) is 0 Å². The van der Waals surface area contributed by atoms with E-state index in [0.717, 1.165) is 23.6 Å². The molecule has 4 N–H and O–H groups in total. The summed E-state index contributed by atoms with van der Waals surface area (Å²) < 4.78 is 52.0. The maximum absolute atomic E-state index is 13.4. The monoisotopic (exact) mass is 507 g/mol. The predicted molar refractivity (Wildman–Crippen MR) is 126 cm³/mol. The number of carbonyl (C=O) groups is 2. The van der Waals surface area contributed by atoms with Crippen molar-refractivity contribution in [3.8, 4) is 0 Å². The average Bonchev–Trinajstić information content (AvgIpc) is 3.54. The number of nitrogens with zero attached hydrogens (tertiary/aromatic N) is 1. The number of urea groups is 1. The molecule has 2 heterocycles. The molecule has 2 aromatic carbocycles. The van der Waals surface area contributed by atoms with Crippen LogP contribution in [0, 0.1) is 11.7 Å². The summed E-state index contributed by atoms with van der Waals surface area (Å²) in [7, 11) is 0. The summed E-state index contributed by atoms with van der Waals surface area (Å²) in [6, 6.07) is 8.91. The summed E-state index contributed by atoms with van der Waals surface area (Å²) in [5, 5.41) is 11.5. The van der Waals surface area contributed by atoms with E-state index in [1.54, 1.807) is 0 Å². The van der Waals surface area contributed by atoms with Crippen molar-refractivity contribution in [2.45, 2.75) is 64.3 Å². The highest BCUT2D eigenvalue weighted by atomic mass is 19.4. The Morgan fingerprint density at radius 3 is 2.44 bits per heavy atom.